The summed E-state index contributed by atoms with van der Waals surface area (Å²) in [5.74, 6) is 0. The molecule has 0 rings (SSSR count). The van der Waals surface area contributed by atoms with Crippen molar-refractivity contribution < 1.29 is 58.9 Å². The number of hydrogen-bond acceptors (Lipinski definition) is 1. The molecule has 43 valence electrons. The molecule has 0 amide bonds. The van der Waals surface area contributed by atoms with Crippen LogP contribution in [0.4, 0.5) is 0 Å². The van der Waals surface area contributed by atoms with Crippen LogP contribution >= 0.6 is 7.82 Å². The first-order valence-electron chi connectivity index (χ1n) is 0.783. The molecule has 0 atom stereocenters. The maximum atomic E-state index is 8.88. The van der Waals surface area contributed by atoms with Gasteiger partial charge in [-0.15, -0.1) is 0 Å². The minimum atomic E-state index is -4.64. The molecule has 1 radical (unpaired) electrons. The molecule has 0 saturated carbocycles. The first-order valence-corrected chi connectivity index (χ1v) is 2.35. The minimum absolute atomic E-state index is 0. The molecule has 7 heteroatoms. The van der Waals surface area contributed by atoms with Crippen molar-refractivity contribution in [1.29, 1.82) is 0 Å². The monoisotopic (exact) mass is 247 g/mol. The molecule has 4 nitrogen and oxygen atoms in total. The normalized spacial score (nSPS) is 8.43. The van der Waals surface area contributed by atoms with Crippen molar-refractivity contribution >= 4 is 7.82 Å². The first-order chi connectivity index (χ1) is 2.00. The molecule has 0 aromatic rings. The van der Waals surface area contributed by atoms with Gasteiger partial charge in [0.05, 0.1) is 0 Å². The summed E-state index contributed by atoms with van der Waals surface area (Å²) in [5, 5.41) is 0. The number of hydrogen-bond donors (Lipinski definition) is 3. The molecular weight excluding hydrogens is 242 g/mol. The Kier molecular flexibility index (Phi) is 12.4. The van der Waals surface area contributed by atoms with E-state index in [1.165, 1.54) is 0 Å². The Labute approximate surface area is 66.7 Å². The van der Waals surface area contributed by atoms with E-state index in [-0.39, 0.29) is 39.6 Å². The summed E-state index contributed by atoms with van der Waals surface area (Å²) in [6, 6.07) is 0. The Morgan fingerprint density at radius 3 is 1.14 bits per heavy atom. The summed E-state index contributed by atoms with van der Waals surface area (Å²) >= 11 is 0. The molecule has 0 unspecified atom stereocenters. The van der Waals surface area contributed by atoms with Gasteiger partial charge in [-0.2, -0.15) is 0 Å². The number of phosphoric acid groups is 1. The summed E-state index contributed by atoms with van der Waals surface area (Å²) in [6.45, 7) is 0. The van der Waals surface area contributed by atoms with Crippen LogP contribution in [0.3, 0.4) is 0 Å². The fourth-order valence-corrected chi connectivity index (χ4v) is 0. The van der Waals surface area contributed by atoms with Crippen molar-refractivity contribution in [2.45, 2.75) is 0 Å². The zero-order valence-electron chi connectivity index (χ0n) is 3.05. The van der Waals surface area contributed by atoms with E-state index in [1.807, 2.05) is 0 Å². The van der Waals surface area contributed by atoms with Gasteiger partial charge in [0.15, 0.2) is 0 Å². The Hall–Kier alpha value is 1.38. The van der Waals surface area contributed by atoms with Gasteiger partial charge in [0.25, 0.3) is 0 Å². The molecule has 3 N–H and O–H groups in total. The Morgan fingerprint density at radius 2 is 1.14 bits per heavy atom. The van der Waals surface area contributed by atoms with Crippen molar-refractivity contribution in [3.8, 4) is 0 Å². The van der Waals surface area contributed by atoms with Gasteiger partial charge in [-0.05, 0) is 0 Å². The quantitative estimate of drug-likeness (QED) is 0.380. The fourth-order valence-electron chi connectivity index (χ4n) is 0. The molecule has 7 heavy (non-hydrogen) atoms. The predicted molar refractivity (Wildman–Crippen MR) is 14.3 cm³/mol. The van der Waals surface area contributed by atoms with Gasteiger partial charge < -0.3 is 14.7 Å². The summed E-state index contributed by atoms with van der Waals surface area (Å²) in [7, 11) is -4.64. The van der Waals surface area contributed by atoms with Gasteiger partial charge in [0.2, 0.25) is 0 Å². The van der Waals surface area contributed by atoms with Crippen LogP contribution in [0, 0.1) is 0 Å². The molecule has 0 aliphatic carbocycles. The van der Waals surface area contributed by atoms with Crippen LogP contribution in [-0.4, -0.2) is 14.7 Å². The van der Waals surface area contributed by atoms with E-state index in [0.717, 1.165) is 0 Å². The average Bonchev–Trinajstić information content (AvgIpc) is 0.722. The Balaban J connectivity index is -0.0000000800. The molecule has 0 bridgehead atoms. The second-order valence-electron chi connectivity index (χ2n) is 0.513. The van der Waals surface area contributed by atoms with E-state index in [2.05, 4.69) is 0 Å². The van der Waals surface area contributed by atoms with Crippen molar-refractivity contribution in [2.75, 3.05) is 0 Å². The molecule has 0 saturated heterocycles. The Morgan fingerprint density at radius 1 is 1.14 bits per heavy atom. The molecule has 0 aromatic heterocycles. The fraction of sp³-hybridized carbons (Fsp3) is 0. The van der Waals surface area contributed by atoms with Crippen LogP contribution < -0.4 is 0 Å². The van der Waals surface area contributed by atoms with Crippen molar-refractivity contribution in [3.63, 3.8) is 0 Å². The van der Waals surface area contributed by atoms with Crippen LogP contribution in [0.15, 0.2) is 0 Å². The van der Waals surface area contributed by atoms with Gasteiger partial charge in [-0.3, -0.25) is 0 Å². The van der Waals surface area contributed by atoms with Crippen molar-refractivity contribution in [1.82, 2.24) is 0 Å². The molecule has 0 spiro atoms. The number of rotatable bonds is 0. The summed E-state index contributed by atoms with van der Waals surface area (Å²) < 4.78 is 8.88. The SMILES string of the molecule is O=P(O)(O)O.[Mo].[V]. The standard InChI is InChI=1S/Mo.H3O4P.V/c;1-5(2,3)4;/h;(H3,1,2,3,4);. The summed E-state index contributed by atoms with van der Waals surface area (Å²) in [5.41, 5.74) is 0. The molecule has 0 fully saturated rings. The minimum Gasteiger partial charge on any atom is -0.303 e. The van der Waals surface area contributed by atoms with E-state index >= 15 is 0 Å². The van der Waals surface area contributed by atoms with Gasteiger partial charge in [-0.1, -0.05) is 0 Å². The maximum Gasteiger partial charge on any atom is 0.466 e. The van der Waals surface area contributed by atoms with Gasteiger partial charge in [0, 0.05) is 39.6 Å². The van der Waals surface area contributed by atoms with Crippen LogP contribution in [0.2, 0.25) is 0 Å². The predicted octanol–water partition coefficient (Wildman–Crippen LogP) is -0.934. The molecule has 0 aliphatic rings. The molecule has 0 heterocycles. The summed E-state index contributed by atoms with van der Waals surface area (Å²) in [6.07, 6.45) is 0. The molecule has 0 aromatic carbocycles. The van der Waals surface area contributed by atoms with Crippen LogP contribution in [0.25, 0.3) is 0 Å². The van der Waals surface area contributed by atoms with E-state index in [1.54, 1.807) is 0 Å². The van der Waals surface area contributed by atoms with Gasteiger partial charge in [0.1, 0.15) is 0 Å². The molecule has 0 aliphatic heterocycles. The third-order valence-corrected chi connectivity index (χ3v) is 0. The van der Waals surface area contributed by atoms with Gasteiger partial charge in [-0.25, -0.2) is 4.57 Å². The first kappa shape index (κ1) is 15.8. The van der Waals surface area contributed by atoms with Crippen LogP contribution in [0.1, 0.15) is 0 Å². The zero-order chi connectivity index (χ0) is 4.50. The van der Waals surface area contributed by atoms with Gasteiger partial charge >= 0.3 is 7.82 Å². The maximum absolute atomic E-state index is 8.88. The van der Waals surface area contributed by atoms with E-state index in [0.29, 0.717) is 0 Å². The zero-order valence-corrected chi connectivity index (χ0v) is 7.35. The Bertz CT molecular complexity index is 57.8. The van der Waals surface area contributed by atoms with Crippen molar-refractivity contribution in [2.24, 2.45) is 0 Å². The molecular formula is H3MoO4PV. The van der Waals surface area contributed by atoms with Crippen molar-refractivity contribution in [3.05, 3.63) is 0 Å². The largest absolute Gasteiger partial charge is 0.466 e. The smallest absolute Gasteiger partial charge is 0.303 e. The third-order valence-electron chi connectivity index (χ3n) is 0. The second kappa shape index (κ2) is 5.52. The average molecular weight is 245 g/mol. The van der Waals surface area contributed by atoms with Crippen LogP contribution in [0.5, 0.6) is 0 Å². The van der Waals surface area contributed by atoms with E-state index in [4.69, 9.17) is 19.2 Å². The van der Waals surface area contributed by atoms with Crippen LogP contribution in [-0.2, 0) is 44.2 Å². The van der Waals surface area contributed by atoms with E-state index in [9.17, 15) is 0 Å². The topological polar surface area (TPSA) is 77.8 Å². The third kappa shape index (κ3) is 112. The van der Waals surface area contributed by atoms with E-state index < -0.39 is 7.82 Å². The summed E-state index contributed by atoms with van der Waals surface area (Å²) in [4.78, 5) is 21.6. The second-order valence-corrected chi connectivity index (χ2v) is 1.54.